The molecule has 0 saturated carbocycles. The van der Waals surface area contributed by atoms with E-state index in [1.165, 1.54) is 29.7 Å². The molecule has 1 aromatic heterocycles. The molecule has 3 N–H and O–H groups in total. The number of hydrogen-bond acceptors (Lipinski definition) is 6. The zero-order valence-electron chi connectivity index (χ0n) is 21.8. The molecule has 0 fully saturated rings. The summed E-state index contributed by atoms with van der Waals surface area (Å²) in [6.45, 7) is 1.02. The number of amides is 2. The quantitative estimate of drug-likeness (QED) is 0.194. The van der Waals surface area contributed by atoms with Gasteiger partial charge in [0.05, 0.1) is 17.9 Å². The maximum absolute atomic E-state index is 14.2. The average molecular weight is 587 g/mol. The molecule has 206 valence electrons. The average Bonchev–Trinajstić information content (AvgIpc) is 3.56. The van der Waals surface area contributed by atoms with E-state index in [0.717, 1.165) is 27.0 Å². The van der Waals surface area contributed by atoms with Gasteiger partial charge in [-0.1, -0.05) is 41.9 Å². The molecule has 6 rings (SSSR count). The lowest BCUT2D eigenvalue weighted by Crippen LogP contribution is -2.21. The van der Waals surface area contributed by atoms with Crippen LogP contribution in [0.1, 0.15) is 49.1 Å². The number of benzene rings is 4. The van der Waals surface area contributed by atoms with Crippen molar-refractivity contribution in [3.63, 3.8) is 0 Å². The minimum Gasteiger partial charge on any atom is -0.497 e. The van der Waals surface area contributed by atoms with Crippen molar-refractivity contribution in [2.75, 3.05) is 12.4 Å². The number of hydrogen-bond donors (Lipinski definition) is 3. The van der Waals surface area contributed by atoms with Gasteiger partial charge in [-0.05, 0) is 71.2 Å². The van der Waals surface area contributed by atoms with Crippen LogP contribution in [-0.2, 0) is 13.1 Å². The first-order chi connectivity index (χ1) is 19.9. The number of anilines is 1. The summed E-state index contributed by atoms with van der Waals surface area (Å²) in [6, 6.07) is 22.1. The Labute approximate surface area is 244 Å². The second-order valence-corrected chi connectivity index (χ2v) is 10.8. The van der Waals surface area contributed by atoms with Gasteiger partial charge in [0.2, 0.25) is 0 Å². The minimum atomic E-state index is -0.746. The number of aromatic nitrogens is 1. The fourth-order valence-electron chi connectivity index (χ4n) is 4.99. The maximum Gasteiger partial charge on any atom is 0.276 e. The van der Waals surface area contributed by atoms with Gasteiger partial charge in [0.15, 0.2) is 0 Å². The van der Waals surface area contributed by atoms with E-state index in [-0.39, 0.29) is 5.91 Å². The third-order valence-electron chi connectivity index (χ3n) is 6.98. The number of nitrogens with zero attached hydrogens (tertiary/aromatic N) is 1. The molecule has 0 saturated heterocycles. The molecular weight excluding hydrogens is 563 g/mol. The van der Waals surface area contributed by atoms with Gasteiger partial charge in [-0.2, -0.15) is 4.37 Å². The summed E-state index contributed by atoms with van der Waals surface area (Å²) < 4.78 is 24.7. The van der Waals surface area contributed by atoms with Gasteiger partial charge < -0.3 is 20.7 Å². The first-order valence-electron chi connectivity index (χ1n) is 12.8. The van der Waals surface area contributed by atoms with Gasteiger partial charge in [0.1, 0.15) is 17.3 Å². The first kappa shape index (κ1) is 26.9. The molecule has 0 radical (unpaired) electrons. The first-order valence-corrected chi connectivity index (χ1v) is 14.0. The number of halogens is 2. The summed E-state index contributed by atoms with van der Waals surface area (Å²) in [7, 11) is 1.62. The van der Waals surface area contributed by atoms with Crippen molar-refractivity contribution in [3.05, 3.63) is 123 Å². The summed E-state index contributed by atoms with van der Waals surface area (Å²) in [5.74, 6) is -0.445. The molecule has 1 aliphatic rings. The van der Waals surface area contributed by atoms with Gasteiger partial charge in [-0.15, -0.1) is 0 Å². The zero-order valence-corrected chi connectivity index (χ0v) is 23.4. The Morgan fingerprint density at radius 3 is 2.63 bits per heavy atom. The molecule has 2 amide bonds. The van der Waals surface area contributed by atoms with Crippen LogP contribution in [0.25, 0.3) is 10.1 Å². The van der Waals surface area contributed by atoms with Crippen molar-refractivity contribution in [1.82, 2.24) is 15.0 Å². The molecule has 0 bridgehead atoms. The van der Waals surface area contributed by atoms with Crippen LogP contribution in [0.15, 0.2) is 78.9 Å². The fourth-order valence-corrected chi connectivity index (χ4v) is 5.99. The van der Waals surface area contributed by atoms with Crippen LogP contribution < -0.4 is 20.7 Å². The molecule has 41 heavy (non-hydrogen) atoms. The van der Waals surface area contributed by atoms with Gasteiger partial charge >= 0.3 is 0 Å². The molecule has 1 aliphatic heterocycles. The summed E-state index contributed by atoms with van der Waals surface area (Å²) in [6.07, 6.45) is 0. The highest BCUT2D eigenvalue weighted by atomic mass is 35.5. The Hall–Kier alpha value is -4.31. The van der Waals surface area contributed by atoms with Crippen molar-refractivity contribution < 1.29 is 18.7 Å². The largest absolute Gasteiger partial charge is 0.497 e. The standard InChI is InChI=1S/C31H24ClFN4O3S/c1-40-20-9-6-17(7-10-20)15-34-16-18-12-23-27(28(36-30(23)38)22-14-19(33)8-11-24(22)32)25(13-18)35-31(39)29-21-4-2-3-5-26(21)41-37-29/h2-14,28,34H,15-16H2,1H3,(H,35,39)(H,36,38). The van der Waals surface area contributed by atoms with Crippen LogP contribution in [0.4, 0.5) is 10.1 Å². The Balaban J connectivity index is 1.35. The number of carbonyl (C=O) groups excluding carboxylic acids is 2. The predicted octanol–water partition coefficient (Wildman–Crippen LogP) is 6.47. The monoisotopic (exact) mass is 586 g/mol. The van der Waals surface area contributed by atoms with E-state index in [4.69, 9.17) is 16.3 Å². The molecule has 5 aromatic rings. The van der Waals surface area contributed by atoms with Gasteiger partial charge in [-0.3, -0.25) is 9.59 Å². The molecular formula is C31H24ClFN4O3S. The molecule has 0 aliphatic carbocycles. The number of rotatable bonds is 8. The van der Waals surface area contributed by atoms with E-state index in [0.29, 0.717) is 46.2 Å². The third kappa shape index (κ3) is 5.39. The third-order valence-corrected chi connectivity index (χ3v) is 8.15. The molecule has 1 unspecified atom stereocenters. The number of ether oxygens (including phenoxy) is 1. The minimum absolute atomic E-state index is 0.292. The zero-order chi connectivity index (χ0) is 28.5. The Bertz CT molecular complexity index is 1790. The molecule has 4 aromatic carbocycles. The Morgan fingerprint density at radius 2 is 1.83 bits per heavy atom. The number of fused-ring (bicyclic) bond motifs is 2. The SMILES string of the molecule is COc1ccc(CNCc2cc(NC(=O)c3nsc4ccccc34)c3c(c2)C(=O)NC3c2cc(F)ccc2Cl)cc1. The number of carbonyl (C=O) groups is 2. The molecule has 1 atom stereocenters. The molecule has 10 heteroatoms. The summed E-state index contributed by atoms with van der Waals surface area (Å²) in [5, 5.41) is 10.3. The highest BCUT2D eigenvalue weighted by Gasteiger charge is 2.35. The van der Waals surface area contributed by atoms with Crippen molar-refractivity contribution in [2.45, 2.75) is 19.1 Å². The maximum atomic E-state index is 14.2. The topological polar surface area (TPSA) is 92.3 Å². The highest BCUT2D eigenvalue weighted by Crippen LogP contribution is 2.40. The van der Waals surface area contributed by atoms with Crippen LogP contribution in [0.3, 0.4) is 0 Å². The normalized spacial score (nSPS) is 14.1. The van der Waals surface area contributed by atoms with Gasteiger partial charge in [0.25, 0.3) is 11.8 Å². The fraction of sp³-hybridized carbons (Fsp3) is 0.129. The highest BCUT2D eigenvalue weighted by molar-refractivity contribution is 7.13. The van der Waals surface area contributed by atoms with Crippen LogP contribution in [0.2, 0.25) is 5.02 Å². The van der Waals surface area contributed by atoms with E-state index in [2.05, 4.69) is 20.3 Å². The second-order valence-electron chi connectivity index (χ2n) is 9.61. The van der Waals surface area contributed by atoms with Crippen LogP contribution in [0.5, 0.6) is 5.75 Å². The van der Waals surface area contributed by atoms with E-state index in [9.17, 15) is 14.0 Å². The van der Waals surface area contributed by atoms with Crippen molar-refractivity contribution in [2.24, 2.45) is 0 Å². The van der Waals surface area contributed by atoms with E-state index in [1.54, 1.807) is 13.2 Å². The summed E-state index contributed by atoms with van der Waals surface area (Å²) >= 11 is 7.68. The predicted molar refractivity (Wildman–Crippen MR) is 158 cm³/mol. The Morgan fingerprint density at radius 1 is 1.05 bits per heavy atom. The second kappa shape index (κ2) is 11.3. The van der Waals surface area contributed by atoms with Crippen LogP contribution >= 0.6 is 23.1 Å². The van der Waals surface area contributed by atoms with Crippen molar-refractivity contribution >= 4 is 50.7 Å². The summed E-state index contributed by atoms with van der Waals surface area (Å²) in [4.78, 5) is 26.7. The van der Waals surface area contributed by atoms with Crippen LogP contribution in [0, 0.1) is 5.82 Å². The smallest absolute Gasteiger partial charge is 0.276 e. The molecule has 2 heterocycles. The molecule has 0 spiro atoms. The van der Waals surface area contributed by atoms with E-state index >= 15 is 0 Å². The number of nitrogens with one attached hydrogen (secondary N) is 3. The number of methoxy groups -OCH3 is 1. The van der Waals surface area contributed by atoms with Crippen LogP contribution in [-0.4, -0.2) is 23.3 Å². The van der Waals surface area contributed by atoms with E-state index < -0.39 is 17.8 Å². The lowest BCUT2D eigenvalue weighted by molar-refractivity contribution is 0.0959. The summed E-state index contributed by atoms with van der Waals surface area (Å²) in [5.41, 5.74) is 3.88. The van der Waals surface area contributed by atoms with E-state index in [1.807, 2.05) is 54.6 Å². The van der Waals surface area contributed by atoms with Gasteiger partial charge in [0, 0.05) is 45.9 Å². The lowest BCUT2D eigenvalue weighted by atomic mass is 9.94. The van der Waals surface area contributed by atoms with Crippen molar-refractivity contribution in [3.8, 4) is 5.75 Å². The van der Waals surface area contributed by atoms with Gasteiger partial charge in [-0.25, -0.2) is 4.39 Å². The Kier molecular flexibility index (Phi) is 7.40. The lowest BCUT2D eigenvalue weighted by Gasteiger charge is -2.19. The molecule has 7 nitrogen and oxygen atoms in total. The van der Waals surface area contributed by atoms with Crippen molar-refractivity contribution in [1.29, 1.82) is 0 Å².